The molecule has 418 valence electrons. The van der Waals surface area contributed by atoms with E-state index in [4.69, 9.17) is 0 Å². The van der Waals surface area contributed by atoms with E-state index in [2.05, 4.69) is 246 Å². The molecule has 16 rings (SSSR count). The summed E-state index contributed by atoms with van der Waals surface area (Å²) in [5, 5.41) is 8.36. The number of hydrogen-bond acceptors (Lipinski definition) is 4. The molecule has 1 fully saturated rings. The van der Waals surface area contributed by atoms with Gasteiger partial charge in [-0.1, -0.05) is 152 Å². The summed E-state index contributed by atoms with van der Waals surface area (Å²) in [5.74, 6) is 0. The maximum atomic E-state index is 2.83. The van der Waals surface area contributed by atoms with Gasteiger partial charge in [-0.05, 0) is 206 Å². The van der Waals surface area contributed by atoms with Gasteiger partial charge in [0.15, 0.2) is 0 Å². The number of fused-ring (bicyclic) bond motifs is 14. The number of aromatic nitrogens is 1. The van der Waals surface area contributed by atoms with Crippen LogP contribution in [0.3, 0.4) is 0 Å². The van der Waals surface area contributed by atoms with Crippen LogP contribution in [0.15, 0.2) is 121 Å². The Hall–Kier alpha value is -6.34. The van der Waals surface area contributed by atoms with Gasteiger partial charge in [-0.3, -0.25) is 0 Å². The number of benzene rings is 8. The molecule has 3 aliphatic heterocycles. The van der Waals surface area contributed by atoms with Crippen LogP contribution in [0.4, 0.5) is 28.4 Å². The Morgan fingerprint density at radius 2 is 1.11 bits per heavy atom. The van der Waals surface area contributed by atoms with Crippen molar-refractivity contribution >= 4 is 136 Å². The summed E-state index contributed by atoms with van der Waals surface area (Å²) >= 11 is 3.93. The second-order valence-electron chi connectivity index (χ2n) is 31.2. The first kappa shape index (κ1) is 52.2. The Kier molecular flexibility index (Phi) is 10.4. The van der Waals surface area contributed by atoms with Crippen LogP contribution in [-0.2, 0) is 32.5 Å². The summed E-state index contributed by atoms with van der Waals surface area (Å²) in [6, 6.07) is 50.3. The van der Waals surface area contributed by atoms with E-state index in [-0.39, 0.29) is 44.7 Å². The highest BCUT2D eigenvalue weighted by Gasteiger charge is 2.58. The lowest BCUT2D eigenvalue weighted by atomic mass is 9.33. The average Bonchev–Trinajstić information content (AvgIpc) is 1.71. The molecule has 0 N–H and O–H groups in total. The standard InChI is InChI=1S/C77H80BN3S2/c1-43-36-59-69-60(37-43)80-57-42-51-50(74(11,12)34-35-75(51,13)14)41-47(57)65-49(73(8,9)10)25-30-63-67(65)68-64(83-63)31-27-54(70(68)80)78(69)53-26-24-46(81-55-28-22-45(72(5,6)7)39-52(55)76(15)32-17-18-33-77(76,81)16)40-58(53)79(59)56-20-19-21-62-66(56)48-38-44(71(2,3)4)23-29-61(48)82-62/h19-31,36-42H,17-18,32-35H2,1-16H3. The second-order valence-corrected chi connectivity index (χ2v) is 33.3. The van der Waals surface area contributed by atoms with Crippen LogP contribution in [0.5, 0.6) is 0 Å². The number of hydrogen-bond donors (Lipinski definition) is 0. The Balaban J connectivity index is 1.07. The predicted molar refractivity (Wildman–Crippen MR) is 365 cm³/mol. The highest BCUT2D eigenvalue weighted by Crippen LogP contribution is 2.62. The molecule has 8 aromatic carbocycles. The Bertz CT molecular complexity index is 4710. The van der Waals surface area contributed by atoms with E-state index in [9.17, 15) is 0 Å². The van der Waals surface area contributed by atoms with Gasteiger partial charge in [0.2, 0.25) is 0 Å². The van der Waals surface area contributed by atoms with Gasteiger partial charge in [-0.15, -0.1) is 22.7 Å². The smallest absolute Gasteiger partial charge is 0.252 e. The molecule has 0 saturated heterocycles. The zero-order valence-corrected chi connectivity index (χ0v) is 53.7. The van der Waals surface area contributed by atoms with Crippen LogP contribution in [0.25, 0.3) is 67.8 Å². The molecule has 5 aliphatic rings. The van der Waals surface area contributed by atoms with Crippen molar-refractivity contribution in [3.63, 3.8) is 0 Å². The monoisotopic (exact) mass is 1120 g/mol. The van der Waals surface area contributed by atoms with Crippen molar-refractivity contribution in [2.24, 2.45) is 0 Å². The van der Waals surface area contributed by atoms with Gasteiger partial charge in [0.05, 0.1) is 22.3 Å². The molecule has 2 aliphatic carbocycles. The lowest BCUT2D eigenvalue weighted by Gasteiger charge is -2.50. The molecule has 11 aromatic rings. The summed E-state index contributed by atoms with van der Waals surface area (Å²) in [4.78, 5) is 5.59. The fourth-order valence-electron chi connectivity index (χ4n) is 17.2. The van der Waals surface area contributed by atoms with Crippen LogP contribution in [0.2, 0.25) is 0 Å². The molecule has 1 saturated carbocycles. The van der Waals surface area contributed by atoms with Gasteiger partial charge in [-0.25, -0.2) is 0 Å². The van der Waals surface area contributed by atoms with Crippen molar-refractivity contribution in [1.29, 1.82) is 0 Å². The highest BCUT2D eigenvalue weighted by molar-refractivity contribution is 7.26. The highest BCUT2D eigenvalue weighted by atomic mass is 32.1. The molecule has 6 heterocycles. The van der Waals surface area contributed by atoms with E-state index in [1.807, 2.05) is 22.7 Å². The molecule has 2 atom stereocenters. The summed E-state index contributed by atoms with van der Waals surface area (Å²) in [6.45, 7) is 39.1. The molecule has 3 aromatic heterocycles. The molecule has 2 unspecified atom stereocenters. The third kappa shape index (κ3) is 6.92. The maximum Gasteiger partial charge on any atom is 0.252 e. The van der Waals surface area contributed by atoms with Crippen LogP contribution in [-0.4, -0.2) is 16.8 Å². The molecule has 0 radical (unpaired) electrons. The lowest BCUT2D eigenvalue weighted by Crippen LogP contribution is -2.60. The Morgan fingerprint density at radius 1 is 0.470 bits per heavy atom. The van der Waals surface area contributed by atoms with Gasteiger partial charge in [0.25, 0.3) is 6.71 Å². The van der Waals surface area contributed by atoms with Gasteiger partial charge in [0.1, 0.15) is 0 Å². The fraction of sp³-hybridized carbons (Fsp3) is 0.377. The quantitative estimate of drug-likeness (QED) is 0.160. The molecule has 0 amide bonds. The lowest BCUT2D eigenvalue weighted by molar-refractivity contribution is 0.195. The molecule has 0 bridgehead atoms. The van der Waals surface area contributed by atoms with Crippen LogP contribution >= 0.6 is 22.7 Å². The normalized spacial score (nSPS) is 20.7. The second kappa shape index (κ2) is 16.5. The van der Waals surface area contributed by atoms with Crippen LogP contribution in [0.1, 0.15) is 181 Å². The minimum absolute atomic E-state index is 0.000920. The molecule has 3 nitrogen and oxygen atoms in total. The van der Waals surface area contributed by atoms with Crippen molar-refractivity contribution in [3.8, 4) is 5.69 Å². The molecule has 0 spiro atoms. The van der Waals surface area contributed by atoms with E-state index in [0.717, 1.165) is 12.8 Å². The van der Waals surface area contributed by atoms with Crippen molar-refractivity contribution in [2.75, 3.05) is 9.80 Å². The van der Waals surface area contributed by atoms with Crippen LogP contribution in [0, 0.1) is 6.92 Å². The first-order valence-corrected chi connectivity index (χ1v) is 32.8. The number of aryl methyl sites for hydroxylation is 1. The number of anilines is 5. The van der Waals surface area contributed by atoms with Crippen molar-refractivity contribution in [3.05, 3.63) is 160 Å². The maximum absolute atomic E-state index is 2.83. The molecular formula is C77H80BN3S2. The third-order valence-electron chi connectivity index (χ3n) is 22.1. The van der Waals surface area contributed by atoms with Gasteiger partial charge >= 0.3 is 0 Å². The summed E-state index contributed by atoms with van der Waals surface area (Å²) in [5.41, 5.74) is 24.7. The Labute approximate surface area is 500 Å². The van der Waals surface area contributed by atoms with Gasteiger partial charge in [0, 0.05) is 79.6 Å². The van der Waals surface area contributed by atoms with E-state index in [1.54, 1.807) is 0 Å². The van der Waals surface area contributed by atoms with E-state index in [0.29, 0.717) is 0 Å². The minimum atomic E-state index is -0.106. The predicted octanol–water partition coefficient (Wildman–Crippen LogP) is 20.4. The summed E-state index contributed by atoms with van der Waals surface area (Å²) in [7, 11) is 0. The number of thiophene rings is 2. The minimum Gasteiger partial charge on any atom is -0.334 e. The zero-order chi connectivity index (χ0) is 57.8. The summed E-state index contributed by atoms with van der Waals surface area (Å²) < 4.78 is 8.24. The van der Waals surface area contributed by atoms with Crippen molar-refractivity contribution in [2.45, 2.75) is 187 Å². The molecule has 83 heavy (non-hydrogen) atoms. The summed E-state index contributed by atoms with van der Waals surface area (Å²) in [6.07, 6.45) is 7.18. The third-order valence-corrected chi connectivity index (χ3v) is 24.3. The SMILES string of the molecule is Cc1cc2c3c(c1)-n1c4cc5c(cc4c4c(C(C)(C)C)ccc6sc7ccc(c1c7c64)B3c1ccc(N3c4ccc(C(C)(C)C)cc4C4(C)CCCCC34C)cc1N2c1cccc2sc3ccc(C(C)(C)C)cc3c12)C(C)(C)CCC5(C)C. The first-order valence-electron chi connectivity index (χ1n) is 31.2. The van der Waals surface area contributed by atoms with Crippen LogP contribution < -0.4 is 26.2 Å². The van der Waals surface area contributed by atoms with Crippen molar-refractivity contribution < 1.29 is 0 Å². The van der Waals surface area contributed by atoms with Gasteiger partial charge in [-0.2, -0.15) is 0 Å². The largest absolute Gasteiger partial charge is 0.334 e. The fourth-order valence-corrected chi connectivity index (χ4v) is 19.4. The van der Waals surface area contributed by atoms with E-state index >= 15 is 0 Å². The number of rotatable bonds is 2. The van der Waals surface area contributed by atoms with E-state index in [1.165, 1.54) is 177 Å². The molecular weight excluding hydrogens is 1040 g/mol. The number of nitrogens with zero attached hydrogens (tertiary/aromatic N) is 3. The van der Waals surface area contributed by atoms with Gasteiger partial charge < -0.3 is 14.4 Å². The first-order chi connectivity index (χ1) is 39.2. The Morgan fingerprint density at radius 3 is 1.86 bits per heavy atom. The average molecular weight is 1120 g/mol. The van der Waals surface area contributed by atoms with Crippen molar-refractivity contribution in [1.82, 2.24) is 4.57 Å². The van der Waals surface area contributed by atoms with E-state index < -0.39 is 0 Å². The topological polar surface area (TPSA) is 11.4 Å². The zero-order valence-electron chi connectivity index (χ0n) is 52.0. The molecule has 6 heteroatoms.